The molecule has 2 nitrogen and oxygen atoms in total. The fraction of sp³-hybridized carbons (Fsp3) is 1.00. The minimum atomic E-state index is 0.765. The molecular weight excluding hydrogens is 232 g/mol. The molecule has 0 spiro atoms. The molecule has 2 heteroatoms. The predicted molar refractivity (Wildman–Crippen MR) is 83.5 cm³/mol. The lowest BCUT2D eigenvalue weighted by Gasteiger charge is -2.33. The van der Waals surface area contributed by atoms with Gasteiger partial charge in [0.15, 0.2) is 0 Å². The van der Waals surface area contributed by atoms with Gasteiger partial charge in [-0.15, -0.1) is 0 Å². The highest BCUT2D eigenvalue weighted by molar-refractivity contribution is 4.81. The van der Waals surface area contributed by atoms with Crippen LogP contribution in [0.2, 0.25) is 0 Å². The van der Waals surface area contributed by atoms with Crippen molar-refractivity contribution >= 4 is 0 Å². The topological polar surface area (TPSA) is 15.3 Å². The van der Waals surface area contributed by atoms with Crippen LogP contribution in [0.3, 0.4) is 0 Å². The second kappa shape index (κ2) is 8.26. The van der Waals surface area contributed by atoms with Crippen LogP contribution in [0.15, 0.2) is 0 Å². The van der Waals surface area contributed by atoms with Crippen LogP contribution < -0.4 is 5.32 Å². The van der Waals surface area contributed by atoms with Crippen molar-refractivity contribution in [1.82, 2.24) is 10.2 Å². The molecule has 0 aromatic carbocycles. The summed E-state index contributed by atoms with van der Waals surface area (Å²) in [6, 6.07) is 0.765. The quantitative estimate of drug-likeness (QED) is 0.817. The third kappa shape index (κ3) is 5.07. The van der Waals surface area contributed by atoms with E-state index < -0.39 is 0 Å². The minimum absolute atomic E-state index is 0.765. The van der Waals surface area contributed by atoms with Crippen LogP contribution in [0.1, 0.15) is 65.2 Å². The number of nitrogens with one attached hydrogen (secondary N) is 1. The molecule has 0 bridgehead atoms. The Kier molecular flexibility index (Phi) is 6.66. The summed E-state index contributed by atoms with van der Waals surface area (Å²) in [7, 11) is 0. The summed E-state index contributed by atoms with van der Waals surface area (Å²) in [4.78, 5) is 2.74. The Morgan fingerprint density at radius 3 is 2.74 bits per heavy atom. The monoisotopic (exact) mass is 266 g/mol. The highest BCUT2D eigenvalue weighted by Gasteiger charge is 2.23. The van der Waals surface area contributed by atoms with Crippen LogP contribution in [-0.2, 0) is 0 Å². The van der Waals surface area contributed by atoms with E-state index in [2.05, 4.69) is 24.1 Å². The van der Waals surface area contributed by atoms with Gasteiger partial charge in [0.1, 0.15) is 0 Å². The van der Waals surface area contributed by atoms with Crippen molar-refractivity contribution in [3.63, 3.8) is 0 Å². The third-order valence-corrected chi connectivity index (χ3v) is 5.30. The van der Waals surface area contributed by atoms with Crippen molar-refractivity contribution in [1.29, 1.82) is 0 Å². The molecule has 112 valence electrons. The standard InChI is InChI=1S/C17H34N2/c1-3-6-16-7-5-11-19(12-9-16)14-17-13-15(4-2)8-10-18-17/h15-18H,3-14H2,1-2H3. The number of rotatable bonds is 5. The summed E-state index contributed by atoms with van der Waals surface area (Å²) in [5, 5.41) is 3.75. The van der Waals surface area contributed by atoms with Gasteiger partial charge in [-0.2, -0.15) is 0 Å². The molecular formula is C17H34N2. The summed E-state index contributed by atoms with van der Waals surface area (Å²) < 4.78 is 0. The van der Waals surface area contributed by atoms with E-state index in [4.69, 9.17) is 0 Å². The number of hydrogen-bond donors (Lipinski definition) is 1. The normalized spacial score (nSPS) is 34.1. The maximum Gasteiger partial charge on any atom is 0.0197 e. The Hall–Kier alpha value is -0.0800. The molecule has 0 aromatic heterocycles. The van der Waals surface area contributed by atoms with Gasteiger partial charge in [0.25, 0.3) is 0 Å². The molecule has 19 heavy (non-hydrogen) atoms. The molecule has 0 aromatic rings. The molecule has 0 amide bonds. The maximum absolute atomic E-state index is 3.75. The van der Waals surface area contributed by atoms with Crippen LogP contribution in [-0.4, -0.2) is 37.1 Å². The van der Waals surface area contributed by atoms with Gasteiger partial charge in [-0.25, -0.2) is 0 Å². The minimum Gasteiger partial charge on any atom is -0.313 e. The lowest BCUT2D eigenvalue weighted by molar-refractivity contribution is 0.202. The zero-order chi connectivity index (χ0) is 13.5. The predicted octanol–water partition coefficient (Wildman–Crippen LogP) is 3.67. The molecule has 3 unspecified atom stereocenters. The first-order valence-electron chi connectivity index (χ1n) is 8.77. The number of piperidine rings is 1. The molecule has 2 rings (SSSR count). The Morgan fingerprint density at radius 1 is 1.05 bits per heavy atom. The molecule has 2 fully saturated rings. The van der Waals surface area contributed by atoms with Gasteiger partial charge in [-0.1, -0.05) is 33.1 Å². The Morgan fingerprint density at radius 2 is 1.95 bits per heavy atom. The first kappa shape index (κ1) is 15.3. The Bertz CT molecular complexity index is 241. The summed E-state index contributed by atoms with van der Waals surface area (Å²) in [5.74, 6) is 1.99. The summed E-state index contributed by atoms with van der Waals surface area (Å²) in [5.41, 5.74) is 0. The van der Waals surface area contributed by atoms with Crippen LogP contribution in [0.25, 0.3) is 0 Å². The van der Waals surface area contributed by atoms with Gasteiger partial charge in [0, 0.05) is 12.6 Å². The number of likely N-dealkylation sites (tertiary alicyclic amines) is 1. The van der Waals surface area contributed by atoms with Crippen LogP contribution in [0.4, 0.5) is 0 Å². The van der Waals surface area contributed by atoms with Crippen LogP contribution in [0, 0.1) is 11.8 Å². The molecule has 3 atom stereocenters. The molecule has 2 aliphatic heterocycles. The van der Waals surface area contributed by atoms with Gasteiger partial charge in [-0.3, -0.25) is 0 Å². The third-order valence-electron chi connectivity index (χ3n) is 5.30. The van der Waals surface area contributed by atoms with E-state index in [0.717, 1.165) is 17.9 Å². The van der Waals surface area contributed by atoms with Gasteiger partial charge >= 0.3 is 0 Å². The van der Waals surface area contributed by atoms with E-state index in [9.17, 15) is 0 Å². The molecule has 0 aliphatic carbocycles. The van der Waals surface area contributed by atoms with Gasteiger partial charge in [0.2, 0.25) is 0 Å². The summed E-state index contributed by atoms with van der Waals surface area (Å²) >= 11 is 0. The second-order valence-electron chi connectivity index (χ2n) is 6.84. The fourth-order valence-electron chi connectivity index (χ4n) is 4.02. The van der Waals surface area contributed by atoms with Gasteiger partial charge in [-0.05, 0) is 63.6 Å². The molecule has 2 heterocycles. The molecule has 2 aliphatic rings. The van der Waals surface area contributed by atoms with E-state index in [0.29, 0.717) is 0 Å². The smallest absolute Gasteiger partial charge is 0.0197 e. The van der Waals surface area contributed by atoms with Crippen LogP contribution in [0.5, 0.6) is 0 Å². The Labute approximate surface area is 120 Å². The van der Waals surface area contributed by atoms with Gasteiger partial charge < -0.3 is 10.2 Å². The average Bonchev–Trinajstić information content (AvgIpc) is 2.65. The van der Waals surface area contributed by atoms with Crippen molar-refractivity contribution in [3.05, 3.63) is 0 Å². The van der Waals surface area contributed by atoms with Crippen molar-refractivity contribution in [2.24, 2.45) is 11.8 Å². The largest absolute Gasteiger partial charge is 0.313 e. The zero-order valence-electron chi connectivity index (χ0n) is 13.2. The first-order valence-corrected chi connectivity index (χ1v) is 8.77. The first-order chi connectivity index (χ1) is 9.31. The maximum atomic E-state index is 3.75. The van der Waals surface area contributed by atoms with E-state index >= 15 is 0 Å². The molecule has 1 N–H and O–H groups in total. The lowest BCUT2D eigenvalue weighted by atomic mass is 9.90. The van der Waals surface area contributed by atoms with Crippen molar-refractivity contribution < 1.29 is 0 Å². The number of nitrogens with zero attached hydrogens (tertiary/aromatic N) is 1. The van der Waals surface area contributed by atoms with E-state index in [1.165, 1.54) is 77.5 Å². The molecule has 2 saturated heterocycles. The van der Waals surface area contributed by atoms with Crippen molar-refractivity contribution in [3.8, 4) is 0 Å². The Balaban J connectivity index is 1.73. The number of hydrogen-bond acceptors (Lipinski definition) is 2. The summed E-state index contributed by atoms with van der Waals surface area (Å²) in [6.07, 6.45) is 11.3. The molecule has 0 radical (unpaired) electrons. The zero-order valence-corrected chi connectivity index (χ0v) is 13.2. The van der Waals surface area contributed by atoms with Crippen LogP contribution >= 0.6 is 0 Å². The van der Waals surface area contributed by atoms with E-state index in [-0.39, 0.29) is 0 Å². The highest BCUT2D eigenvalue weighted by Crippen LogP contribution is 2.24. The highest BCUT2D eigenvalue weighted by atomic mass is 15.1. The second-order valence-corrected chi connectivity index (χ2v) is 6.84. The lowest BCUT2D eigenvalue weighted by Crippen LogP contribution is -2.46. The van der Waals surface area contributed by atoms with Gasteiger partial charge in [0.05, 0.1) is 0 Å². The van der Waals surface area contributed by atoms with Crippen molar-refractivity contribution in [2.75, 3.05) is 26.2 Å². The van der Waals surface area contributed by atoms with Crippen molar-refractivity contribution in [2.45, 2.75) is 71.3 Å². The fourth-order valence-corrected chi connectivity index (χ4v) is 4.02. The average molecular weight is 266 g/mol. The van der Waals surface area contributed by atoms with E-state index in [1.54, 1.807) is 0 Å². The van der Waals surface area contributed by atoms with E-state index in [1.807, 2.05) is 0 Å². The molecule has 0 saturated carbocycles. The SMILES string of the molecule is CCCC1CCCN(CC2CC(CC)CCN2)CC1. The summed E-state index contributed by atoms with van der Waals surface area (Å²) in [6.45, 7) is 9.92.